The minimum Gasteiger partial charge on any atom is -0.478 e. The summed E-state index contributed by atoms with van der Waals surface area (Å²) in [5.74, 6) is -1.70. The Labute approximate surface area is 115 Å². The van der Waals surface area contributed by atoms with Crippen LogP contribution in [0.2, 0.25) is 0 Å². The van der Waals surface area contributed by atoms with Gasteiger partial charge in [-0.05, 0) is 18.6 Å². The van der Waals surface area contributed by atoms with Crippen molar-refractivity contribution < 1.29 is 19.5 Å². The van der Waals surface area contributed by atoms with Crippen molar-refractivity contribution in [1.29, 1.82) is 0 Å². The summed E-state index contributed by atoms with van der Waals surface area (Å²) in [5, 5.41) is 11.9. The van der Waals surface area contributed by atoms with Crippen molar-refractivity contribution in [2.75, 3.05) is 18.1 Å². The first-order valence-electron chi connectivity index (χ1n) is 6.10. The second kappa shape index (κ2) is 5.20. The summed E-state index contributed by atoms with van der Waals surface area (Å²) >= 11 is 0. The molecule has 1 fully saturated rings. The summed E-state index contributed by atoms with van der Waals surface area (Å²) in [6.45, 7) is 0. The van der Waals surface area contributed by atoms with Crippen LogP contribution >= 0.6 is 0 Å². The van der Waals surface area contributed by atoms with Gasteiger partial charge < -0.3 is 16.2 Å². The monoisotopic (exact) mass is 277 g/mol. The van der Waals surface area contributed by atoms with Crippen molar-refractivity contribution in [3.8, 4) is 0 Å². The van der Waals surface area contributed by atoms with Crippen LogP contribution in [0.5, 0.6) is 0 Å². The Bertz CT molecular complexity index is 585. The average Bonchev–Trinajstić information content (AvgIpc) is 2.41. The van der Waals surface area contributed by atoms with E-state index in [2.05, 4.69) is 5.32 Å². The molecule has 0 spiro atoms. The van der Waals surface area contributed by atoms with Crippen LogP contribution in [0.3, 0.4) is 0 Å². The lowest BCUT2D eigenvalue weighted by Crippen LogP contribution is -2.48. The summed E-state index contributed by atoms with van der Waals surface area (Å²) in [7, 11) is 1.43. The number of anilines is 2. The van der Waals surface area contributed by atoms with E-state index in [9.17, 15) is 14.4 Å². The molecule has 0 bridgehead atoms. The predicted octanol–water partition coefficient (Wildman–Crippen LogP) is 0.526. The van der Waals surface area contributed by atoms with Crippen molar-refractivity contribution in [2.45, 2.75) is 18.9 Å². The molecule has 1 saturated heterocycles. The van der Waals surface area contributed by atoms with Gasteiger partial charge in [-0.15, -0.1) is 0 Å². The molecule has 20 heavy (non-hydrogen) atoms. The molecule has 106 valence electrons. The van der Waals surface area contributed by atoms with Gasteiger partial charge in [0.25, 0.3) is 5.91 Å². The Hall–Kier alpha value is -2.57. The van der Waals surface area contributed by atoms with E-state index in [0.29, 0.717) is 12.1 Å². The highest BCUT2D eigenvalue weighted by Gasteiger charge is 2.32. The molecule has 1 aromatic rings. The number of nitrogens with zero attached hydrogens (tertiary/aromatic N) is 1. The number of carboxylic acid groups (broad SMARTS) is 1. The number of likely N-dealkylation sites (tertiary alicyclic amines) is 1. The van der Waals surface area contributed by atoms with E-state index in [4.69, 9.17) is 10.8 Å². The number of benzene rings is 1. The second-order valence-electron chi connectivity index (χ2n) is 4.60. The van der Waals surface area contributed by atoms with Crippen LogP contribution in [0.15, 0.2) is 18.2 Å². The minimum atomic E-state index is -1.13. The standard InChI is InChI=1S/C13H15N3O4/c1-16-10(17)6-5-9(12(16)18)15-8-4-2-3-7(11(8)14)13(19)20/h2-4,9,15H,5-6,14H2,1H3,(H,19,20). The molecule has 1 heterocycles. The smallest absolute Gasteiger partial charge is 0.337 e. The molecule has 0 saturated carbocycles. The van der Waals surface area contributed by atoms with Gasteiger partial charge in [-0.3, -0.25) is 14.5 Å². The molecule has 4 N–H and O–H groups in total. The van der Waals surface area contributed by atoms with Crippen molar-refractivity contribution in [3.05, 3.63) is 23.8 Å². The van der Waals surface area contributed by atoms with E-state index >= 15 is 0 Å². The fraction of sp³-hybridized carbons (Fsp3) is 0.308. The van der Waals surface area contributed by atoms with E-state index in [1.165, 1.54) is 13.1 Å². The number of likely N-dealkylation sites (N-methyl/N-ethyl adjacent to an activating group) is 1. The number of carbonyl (C=O) groups excluding carboxylic acids is 2. The van der Waals surface area contributed by atoms with Gasteiger partial charge in [0.05, 0.1) is 16.9 Å². The van der Waals surface area contributed by atoms with Gasteiger partial charge in [0.1, 0.15) is 6.04 Å². The summed E-state index contributed by atoms with van der Waals surface area (Å²) < 4.78 is 0. The molecule has 7 heteroatoms. The van der Waals surface area contributed by atoms with E-state index < -0.39 is 12.0 Å². The summed E-state index contributed by atoms with van der Waals surface area (Å²) in [6.07, 6.45) is 0.622. The third kappa shape index (κ3) is 2.42. The Kier molecular flexibility index (Phi) is 3.60. The Balaban J connectivity index is 2.23. The van der Waals surface area contributed by atoms with Crippen LogP contribution in [0, 0.1) is 0 Å². The Morgan fingerprint density at radius 2 is 2.15 bits per heavy atom. The SMILES string of the molecule is CN1C(=O)CCC(Nc2cccc(C(=O)O)c2N)C1=O. The second-order valence-corrected chi connectivity index (χ2v) is 4.60. The van der Waals surface area contributed by atoms with Crippen molar-refractivity contribution >= 4 is 29.2 Å². The molecule has 0 aromatic heterocycles. The number of carboxylic acids is 1. The summed E-state index contributed by atoms with van der Waals surface area (Å²) in [5.41, 5.74) is 6.21. The molecule has 1 aromatic carbocycles. The van der Waals surface area contributed by atoms with Gasteiger partial charge in [0.15, 0.2) is 0 Å². The van der Waals surface area contributed by atoms with Crippen LogP contribution in [0.4, 0.5) is 11.4 Å². The molecule has 7 nitrogen and oxygen atoms in total. The van der Waals surface area contributed by atoms with Crippen molar-refractivity contribution in [2.24, 2.45) is 0 Å². The maximum Gasteiger partial charge on any atom is 0.337 e. The fourth-order valence-corrected chi connectivity index (χ4v) is 2.11. The summed E-state index contributed by atoms with van der Waals surface area (Å²) in [6, 6.07) is 3.96. The summed E-state index contributed by atoms with van der Waals surface area (Å²) in [4.78, 5) is 35.4. The molecular weight excluding hydrogens is 262 g/mol. The fourth-order valence-electron chi connectivity index (χ4n) is 2.11. The van der Waals surface area contributed by atoms with Crippen LogP contribution in [-0.2, 0) is 9.59 Å². The van der Waals surface area contributed by atoms with Gasteiger partial charge in [-0.2, -0.15) is 0 Å². The molecule has 0 aliphatic carbocycles. The number of para-hydroxylation sites is 1. The number of nitrogens with one attached hydrogen (secondary N) is 1. The van der Waals surface area contributed by atoms with E-state index in [-0.39, 0.29) is 29.5 Å². The lowest BCUT2D eigenvalue weighted by molar-refractivity contribution is -0.146. The zero-order valence-electron chi connectivity index (χ0n) is 10.9. The maximum absolute atomic E-state index is 12.0. The first-order chi connectivity index (χ1) is 9.41. The molecular formula is C13H15N3O4. The number of piperidine rings is 1. The van der Waals surface area contributed by atoms with E-state index in [1.807, 2.05) is 0 Å². The molecule has 0 radical (unpaired) electrons. The molecule has 1 aliphatic heterocycles. The van der Waals surface area contributed by atoms with E-state index in [1.54, 1.807) is 12.1 Å². The van der Waals surface area contributed by atoms with Gasteiger partial charge in [-0.25, -0.2) is 4.79 Å². The number of hydrogen-bond donors (Lipinski definition) is 3. The number of aromatic carboxylic acids is 1. The number of imide groups is 1. The highest BCUT2D eigenvalue weighted by atomic mass is 16.4. The normalized spacial score (nSPS) is 19.1. The Morgan fingerprint density at radius 1 is 1.45 bits per heavy atom. The first-order valence-corrected chi connectivity index (χ1v) is 6.10. The van der Waals surface area contributed by atoms with Crippen LogP contribution in [0.25, 0.3) is 0 Å². The topological polar surface area (TPSA) is 113 Å². The molecule has 1 aliphatic rings. The van der Waals surface area contributed by atoms with Gasteiger partial charge in [-0.1, -0.05) is 6.07 Å². The van der Waals surface area contributed by atoms with Crippen LogP contribution < -0.4 is 11.1 Å². The largest absolute Gasteiger partial charge is 0.478 e. The van der Waals surface area contributed by atoms with Crippen molar-refractivity contribution in [1.82, 2.24) is 4.90 Å². The van der Waals surface area contributed by atoms with Gasteiger partial charge in [0, 0.05) is 13.5 Å². The third-order valence-electron chi connectivity index (χ3n) is 3.32. The molecule has 2 rings (SSSR count). The zero-order chi connectivity index (χ0) is 14.9. The van der Waals surface area contributed by atoms with E-state index in [0.717, 1.165) is 4.90 Å². The lowest BCUT2D eigenvalue weighted by Gasteiger charge is -2.29. The van der Waals surface area contributed by atoms with Crippen molar-refractivity contribution in [3.63, 3.8) is 0 Å². The lowest BCUT2D eigenvalue weighted by atomic mass is 10.0. The number of amides is 2. The molecule has 1 unspecified atom stereocenters. The highest BCUT2D eigenvalue weighted by molar-refractivity contribution is 6.02. The van der Waals surface area contributed by atoms with Gasteiger partial charge in [0.2, 0.25) is 5.91 Å². The maximum atomic E-state index is 12.0. The highest BCUT2D eigenvalue weighted by Crippen LogP contribution is 2.25. The zero-order valence-corrected chi connectivity index (χ0v) is 10.9. The number of carbonyl (C=O) groups is 3. The number of nitrogen functional groups attached to an aromatic ring is 1. The number of nitrogens with two attached hydrogens (primary N) is 1. The number of rotatable bonds is 3. The molecule has 2 amide bonds. The number of hydrogen-bond acceptors (Lipinski definition) is 5. The van der Waals surface area contributed by atoms with Gasteiger partial charge >= 0.3 is 5.97 Å². The third-order valence-corrected chi connectivity index (χ3v) is 3.32. The Morgan fingerprint density at radius 3 is 2.80 bits per heavy atom. The first kappa shape index (κ1) is 13.9. The molecule has 1 atom stereocenters. The quantitative estimate of drug-likeness (QED) is 0.548. The average molecular weight is 277 g/mol. The van der Waals surface area contributed by atoms with Crippen LogP contribution in [0.1, 0.15) is 23.2 Å². The minimum absolute atomic E-state index is 0.0253. The predicted molar refractivity (Wildman–Crippen MR) is 72.2 cm³/mol. The van der Waals surface area contributed by atoms with Crippen LogP contribution in [-0.4, -0.2) is 40.9 Å².